The topological polar surface area (TPSA) is 199 Å². The van der Waals surface area contributed by atoms with Gasteiger partial charge in [-0.3, -0.25) is 9.69 Å². The Bertz CT molecular complexity index is 1790. The number of anilines is 2. The molecule has 0 radical (unpaired) electrons. The van der Waals surface area contributed by atoms with Crippen molar-refractivity contribution in [2.45, 2.75) is 13.1 Å². The Morgan fingerprint density at radius 1 is 0.933 bits per heavy atom. The van der Waals surface area contributed by atoms with Gasteiger partial charge in [0, 0.05) is 31.7 Å². The Balaban J connectivity index is 0.00000276. The maximum atomic E-state index is 12.0. The van der Waals surface area contributed by atoms with Gasteiger partial charge in [-0.25, -0.2) is 14.8 Å². The quantitative estimate of drug-likeness (QED) is 0.137. The molecular weight excluding hydrogens is 716 g/mol. The number of benzene rings is 2. The highest BCUT2D eigenvalue weighted by Crippen LogP contribution is 2.31. The van der Waals surface area contributed by atoms with Crippen LogP contribution < -0.4 is 26.7 Å². The van der Waals surface area contributed by atoms with E-state index in [-0.39, 0.29) is 63.6 Å². The van der Waals surface area contributed by atoms with Gasteiger partial charge in [0.1, 0.15) is 29.1 Å². The van der Waals surface area contributed by atoms with E-state index in [2.05, 4.69) is 26.7 Å². The van der Waals surface area contributed by atoms with Crippen molar-refractivity contribution in [3.05, 3.63) is 47.5 Å². The van der Waals surface area contributed by atoms with E-state index in [1.807, 2.05) is 12.2 Å². The lowest BCUT2D eigenvalue weighted by atomic mass is 10.1. The number of nitrogen functional groups attached to an aromatic ring is 2. The van der Waals surface area contributed by atoms with Crippen molar-refractivity contribution in [2.24, 2.45) is 5.73 Å². The highest BCUT2D eigenvalue weighted by atomic mass is 79.9. The van der Waals surface area contributed by atoms with Gasteiger partial charge in [-0.05, 0) is 24.3 Å². The number of rotatable bonds is 10. The van der Waals surface area contributed by atoms with Gasteiger partial charge in [-0.2, -0.15) is 0 Å². The van der Waals surface area contributed by atoms with E-state index < -0.39 is 11.9 Å². The molecule has 4 aromatic rings. The Morgan fingerprint density at radius 3 is 2.04 bits per heavy atom. The van der Waals surface area contributed by atoms with Crippen LogP contribution in [0.15, 0.2) is 36.4 Å². The lowest BCUT2D eigenvalue weighted by Crippen LogP contribution is -2.36. The van der Waals surface area contributed by atoms with Crippen molar-refractivity contribution in [1.29, 1.82) is 0 Å². The maximum absolute atomic E-state index is 12.0. The fraction of sp³-hybridized carbons (Fsp3) is 0.310. The molecule has 0 atom stereocenters. The van der Waals surface area contributed by atoms with Gasteiger partial charge in [-0.1, -0.05) is 24.0 Å². The number of methoxy groups -OCH3 is 1. The monoisotopic (exact) mass is 748 g/mol. The van der Waals surface area contributed by atoms with E-state index >= 15 is 0 Å². The first-order valence-electron chi connectivity index (χ1n) is 13.5. The number of nitrogens with zero attached hydrogens (tertiary/aromatic N) is 5. The first-order chi connectivity index (χ1) is 20.8. The molecule has 0 saturated carbocycles. The highest BCUT2D eigenvalue weighted by Gasteiger charge is 2.18. The lowest BCUT2D eigenvalue weighted by Gasteiger charge is -2.24. The number of fused-ring (bicyclic) bond motifs is 2. The first kappa shape index (κ1) is 35.2. The molecule has 45 heavy (non-hydrogen) atoms. The van der Waals surface area contributed by atoms with Crippen molar-refractivity contribution in [3.8, 4) is 23.3 Å². The van der Waals surface area contributed by atoms with Crippen LogP contribution in [0.5, 0.6) is 11.5 Å². The fourth-order valence-electron chi connectivity index (χ4n) is 4.85. The number of carbonyl (C=O) groups excluding carboxylic acids is 1. The summed E-state index contributed by atoms with van der Waals surface area (Å²) in [7, 11) is 1.45. The molecule has 14 nitrogen and oxygen atoms in total. The molecule has 7 N–H and O–H groups in total. The predicted molar refractivity (Wildman–Crippen MR) is 181 cm³/mol. The summed E-state index contributed by atoms with van der Waals surface area (Å²) < 4.78 is 20.2. The van der Waals surface area contributed by atoms with E-state index in [9.17, 15) is 14.7 Å². The van der Waals surface area contributed by atoms with Gasteiger partial charge in [0.25, 0.3) is 0 Å². The van der Waals surface area contributed by atoms with E-state index in [4.69, 9.17) is 31.4 Å². The Hall–Kier alpha value is -4.30. The third-order valence-corrected chi connectivity index (χ3v) is 7.00. The summed E-state index contributed by atoms with van der Waals surface area (Å²) in [6.07, 6.45) is 3.73. The van der Waals surface area contributed by atoms with Gasteiger partial charge in [0.05, 0.1) is 43.5 Å². The molecular formula is C29H34Br2N8O6. The number of carboxylic acid groups (broad SMARTS) is 1. The van der Waals surface area contributed by atoms with Crippen LogP contribution in [0.1, 0.15) is 20.7 Å². The zero-order valence-corrected chi connectivity index (χ0v) is 27.8. The third kappa shape index (κ3) is 7.87. The molecule has 240 valence electrons. The molecule has 0 unspecified atom stereocenters. The smallest absolute Gasteiger partial charge is 0.335 e. The minimum absolute atomic E-state index is 0. The number of hydrogen-bond donors (Lipinski definition) is 4. The normalized spacial score (nSPS) is 13.2. The van der Waals surface area contributed by atoms with Crippen molar-refractivity contribution >= 4 is 79.8 Å². The summed E-state index contributed by atoms with van der Waals surface area (Å²) in [6, 6.07) is 6.01. The van der Waals surface area contributed by atoms with Crippen molar-refractivity contribution in [3.63, 3.8) is 0 Å². The van der Waals surface area contributed by atoms with Crippen LogP contribution in [0.3, 0.4) is 0 Å². The number of ether oxygens (including phenoxy) is 3. The minimum atomic E-state index is -1.09. The van der Waals surface area contributed by atoms with Crippen LogP contribution in [-0.2, 0) is 17.8 Å². The maximum Gasteiger partial charge on any atom is 0.335 e. The number of halogens is 2. The fourth-order valence-corrected chi connectivity index (χ4v) is 4.85. The van der Waals surface area contributed by atoms with Crippen LogP contribution in [0.25, 0.3) is 22.1 Å². The van der Waals surface area contributed by atoms with Crippen LogP contribution in [-0.4, -0.2) is 87.5 Å². The molecule has 16 heteroatoms. The Morgan fingerprint density at radius 2 is 1.49 bits per heavy atom. The number of nitrogens with two attached hydrogens (primary N) is 3. The molecule has 1 saturated heterocycles. The predicted octanol–water partition coefficient (Wildman–Crippen LogP) is 2.48. The summed E-state index contributed by atoms with van der Waals surface area (Å²) in [4.78, 5) is 34.4. The second-order valence-corrected chi connectivity index (χ2v) is 9.72. The minimum Gasteiger partial charge on any atom is -0.494 e. The van der Waals surface area contributed by atoms with Gasteiger partial charge in [0.15, 0.2) is 0 Å². The highest BCUT2D eigenvalue weighted by molar-refractivity contribution is 8.93. The molecule has 5 rings (SSSR count). The number of primary amides is 1. The summed E-state index contributed by atoms with van der Waals surface area (Å²) in [6.45, 7) is 4.44. The number of allylic oxidation sites excluding steroid dienone is 2. The Kier molecular flexibility index (Phi) is 12.2. The van der Waals surface area contributed by atoms with Crippen molar-refractivity contribution in [2.75, 3.05) is 58.0 Å². The SMILES string of the molecule is Br.Br.COc1cc(C(=O)O)cc2nc(N)n(CC=CCn3c(N)nc4cc(C(N)=O)cc(OCC#CCN5CCOCC5)c43)c12. The molecule has 1 aliphatic heterocycles. The molecule has 0 aliphatic carbocycles. The van der Waals surface area contributed by atoms with Gasteiger partial charge in [0.2, 0.25) is 17.8 Å². The van der Waals surface area contributed by atoms with Crippen LogP contribution in [0, 0.1) is 11.8 Å². The number of carbonyl (C=O) groups is 2. The first-order valence-corrected chi connectivity index (χ1v) is 13.5. The molecule has 2 aromatic carbocycles. The summed E-state index contributed by atoms with van der Waals surface area (Å²) in [5, 5.41) is 9.39. The number of amides is 1. The number of morpholine rings is 1. The summed E-state index contributed by atoms with van der Waals surface area (Å²) in [5.74, 6) is 5.57. The molecule has 0 spiro atoms. The molecule has 1 aliphatic rings. The number of aromatic nitrogens is 4. The second kappa shape index (κ2) is 15.6. The van der Waals surface area contributed by atoms with Gasteiger partial charge in [-0.15, -0.1) is 34.0 Å². The number of aromatic carboxylic acids is 1. The Labute approximate surface area is 279 Å². The number of hydrogen-bond acceptors (Lipinski definition) is 10. The molecule has 1 fully saturated rings. The molecule has 0 bridgehead atoms. The van der Waals surface area contributed by atoms with E-state index in [0.717, 1.165) is 13.1 Å². The second-order valence-electron chi connectivity index (χ2n) is 9.72. The largest absolute Gasteiger partial charge is 0.494 e. The van der Waals surface area contributed by atoms with E-state index in [1.165, 1.54) is 19.2 Å². The van der Waals surface area contributed by atoms with Gasteiger partial charge >= 0.3 is 5.97 Å². The van der Waals surface area contributed by atoms with Crippen LogP contribution in [0.2, 0.25) is 0 Å². The zero-order valence-electron chi connectivity index (χ0n) is 24.4. The number of carboxylic acids is 1. The summed E-state index contributed by atoms with van der Waals surface area (Å²) in [5.41, 5.74) is 20.3. The average Bonchev–Trinajstić information content (AvgIpc) is 3.49. The van der Waals surface area contributed by atoms with Gasteiger partial charge < -0.3 is 45.7 Å². The van der Waals surface area contributed by atoms with Crippen LogP contribution in [0.4, 0.5) is 11.9 Å². The van der Waals surface area contributed by atoms with E-state index in [1.54, 1.807) is 21.3 Å². The average molecular weight is 750 g/mol. The number of imidazole rings is 2. The van der Waals surface area contributed by atoms with Crippen molar-refractivity contribution in [1.82, 2.24) is 24.0 Å². The molecule has 3 heterocycles. The molecule has 2 aromatic heterocycles. The lowest BCUT2D eigenvalue weighted by molar-refractivity contribution is 0.0443. The third-order valence-electron chi connectivity index (χ3n) is 7.00. The van der Waals surface area contributed by atoms with Crippen LogP contribution >= 0.6 is 34.0 Å². The standard InChI is InChI=1S/C29H32N8O6.2BrH/c1-41-22-17-19(27(39)40)15-21-24(22)36(28(31)34-21)7-2-3-8-37-25-20(33-29(37)32)14-18(26(30)38)16-23(25)43-11-5-4-6-35-9-12-42-13-10-35;;/h2-3,14-17H,6-13H2,1H3,(H2,30,38)(H2,31,34)(H2,32,33)(H,39,40);2*1H. The zero-order chi connectivity index (χ0) is 30.5. The van der Waals surface area contributed by atoms with E-state index in [0.29, 0.717) is 66.4 Å². The molecule has 1 amide bonds. The summed E-state index contributed by atoms with van der Waals surface area (Å²) >= 11 is 0. The van der Waals surface area contributed by atoms with Crippen molar-refractivity contribution < 1.29 is 28.9 Å².